The number of aliphatic hydroxyl groups excluding tert-OH is 2. The zero-order chi connectivity index (χ0) is 18.3. The van der Waals surface area contributed by atoms with Crippen LogP contribution in [-0.4, -0.2) is 59.6 Å². The van der Waals surface area contributed by atoms with E-state index in [1.165, 1.54) is 24.1 Å². The molecule has 1 atom stereocenters. The fraction of sp³-hybridized carbons (Fsp3) is 0.529. The van der Waals surface area contributed by atoms with Crippen molar-refractivity contribution in [3.63, 3.8) is 0 Å². The van der Waals surface area contributed by atoms with E-state index in [1.807, 2.05) is 0 Å². The van der Waals surface area contributed by atoms with E-state index in [-0.39, 0.29) is 19.7 Å². The maximum atomic E-state index is 12.1. The molecule has 0 heterocycles. The molecule has 2 N–H and O–H groups in total. The van der Waals surface area contributed by atoms with E-state index in [9.17, 15) is 14.7 Å². The van der Waals surface area contributed by atoms with Gasteiger partial charge in [0.15, 0.2) is 0 Å². The van der Waals surface area contributed by atoms with Gasteiger partial charge in [0.05, 0.1) is 31.9 Å². The molecule has 134 valence electrons. The molecule has 0 saturated heterocycles. The molecule has 0 aliphatic heterocycles. The summed E-state index contributed by atoms with van der Waals surface area (Å²) >= 11 is 0. The zero-order valence-electron chi connectivity index (χ0n) is 14.5. The molecule has 1 amide bonds. The number of esters is 1. The minimum atomic E-state index is -0.976. The third-order valence-corrected chi connectivity index (χ3v) is 3.13. The van der Waals surface area contributed by atoms with Crippen molar-refractivity contribution < 1.29 is 29.3 Å². The number of nitrogens with zero attached hydrogens (tertiary/aromatic N) is 1. The van der Waals surface area contributed by atoms with Crippen LogP contribution in [0, 0.1) is 0 Å². The summed E-state index contributed by atoms with van der Waals surface area (Å²) in [6.45, 7) is 4.99. The maximum absolute atomic E-state index is 12.1. The minimum Gasteiger partial charge on any atom is -0.465 e. The first kappa shape index (κ1) is 19.9. The third-order valence-electron chi connectivity index (χ3n) is 3.13. The van der Waals surface area contributed by atoms with Crippen LogP contribution in [0.2, 0.25) is 0 Å². The van der Waals surface area contributed by atoms with Gasteiger partial charge in [-0.25, -0.2) is 9.59 Å². The Morgan fingerprint density at radius 1 is 1.21 bits per heavy atom. The van der Waals surface area contributed by atoms with Gasteiger partial charge in [-0.05, 0) is 38.5 Å². The highest BCUT2D eigenvalue weighted by molar-refractivity contribution is 5.89. The van der Waals surface area contributed by atoms with Crippen LogP contribution in [0.4, 0.5) is 4.79 Å². The number of ether oxygens (including phenoxy) is 2. The lowest BCUT2D eigenvalue weighted by Crippen LogP contribution is -2.40. The average molecular weight is 339 g/mol. The normalized spacial score (nSPS) is 12.4. The number of benzene rings is 1. The summed E-state index contributed by atoms with van der Waals surface area (Å²) in [4.78, 5) is 24.8. The number of amides is 1. The molecule has 0 aliphatic rings. The molecule has 1 rings (SSSR count). The average Bonchev–Trinajstić information content (AvgIpc) is 2.52. The van der Waals surface area contributed by atoms with Crippen LogP contribution in [0.15, 0.2) is 24.3 Å². The Hall–Kier alpha value is -2.12. The van der Waals surface area contributed by atoms with E-state index in [0.717, 1.165) is 0 Å². The van der Waals surface area contributed by atoms with E-state index in [2.05, 4.69) is 4.74 Å². The number of aliphatic hydroxyl groups is 2. The van der Waals surface area contributed by atoms with Crippen LogP contribution < -0.4 is 0 Å². The molecule has 0 aromatic heterocycles. The van der Waals surface area contributed by atoms with E-state index >= 15 is 0 Å². The van der Waals surface area contributed by atoms with Crippen LogP contribution in [0.3, 0.4) is 0 Å². The predicted octanol–water partition coefficient (Wildman–Crippen LogP) is 1.74. The smallest absolute Gasteiger partial charge is 0.410 e. The first-order chi connectivity index (χ1) is 11.2. The standard InChI is InChI=1S/C17H25NO6/c1-17(2,3)24-16(22)18(9-10-19)11-14(20)12-5-7-13(8-6-12)15(21)23-4/h5-8,14,19-20H,9-11H2,1-4H3. The monoisotopic (exact) mass is 339 g/mol. The van der Waals surface area contributed by atoms with Gasteiger partial charge in [-0.2, -0.15) is 0 Å². The van der Waals surface area contributed by atoms with Crippen molar-refractivity contribution in [2.45, 2.75) is 32.5 Å². The lowest BCUT2D eigenvalue weighted by molar-refractivity contribution is 0.0109. The lowest BCUT2D eigenvalue weighted by Gasteiger charge is -2.28. The number of carbonyl (C=O) groups is 2. The van der Waals surface area contributed by atoms with Crippen LogP contribution in [0.5, 0.6) is 0 Å². The number of hydrogen-bond acceptors (Lipinski definition) is 6. The Morgan fingerprint density at radius 3 is 2.25 bits per heavy atom. The number of methoxy groups -OCH3 is 1. The van der Waals surface area contributed by atoms with Crippen molar-refractivity contribution in [3.05, 3.63) is 35.4 Å². The predicted molar refractivity (Wildman–Crippen MR) is 87.6 cm³/mol. The first-order valence-electron chi connectivity index (χ1n) is 7.63. The van der Waals surface area contributed by atoms with Crippen molar-refractivity contribution in [1.82, 2.24) is 4.90 Å². The second-order valence-electron chi connectivity index (χ2n) is 6.28. The summed E-state index contributed by atoms with van der Waals surface area (Å²) in [5, 5.41) is 19.4. The highest BCUT2D eigenvalue weighted by Crippen LogP contribution is 2.17. The van der Waals surface area contributed by atoms with Gasteiger partial charge in [0, 0.05) is 6.54 Å². The van der Waals surface area contributed by atoms with Gasteiger partial charge in [-0.3, -0.25) is 0 Å². The molecule has 0 saturated carbocycles. The molecule has 24 heavy (non-hydrogen) atoms. The Labute approximate surface area is 141 Å². The molecular formula is C17H25NO6. The van der Waals surface area contributed by atoms with Gasteiger partial charge in [0.1, 0.15) is 5.60 Å². The third kappa shape index (κ3) is 6.17. The first-order valence-corrected chi connectivity index (χ1v) is 7.63. The highest BCUT2D eigenvalue weighted by Gasteiger charge is 2.24. The largest absolute Gasteiger partial charge is 0.465 e. The molecule has 1 unspecified atom stereocenters. The van der Waals surface area contributed by atoms with Crippen molar-refractivity contribution in [1.29, 1.82) is 0 Å². The second-order valence-corrected chi connectivity index (χ2v) is 6.28. The number of hydrogen-bond donors (Lipinski definition) is 2. The Kier molecular flexibility index (Phi) is 7.18. The summed E-state index contributed by atoms with van der Waals surface area (Å²) < 4.78 is 9.87. The quantitative estimate of drug-likeness (QED) is 0.766. The topological polar surface area (TPSA) is 96.3 Å². The van der Waals surface area contributed by atoms with Crippen molar-refractivity contribution >= 4 is 12.1 Å². The summed E-state index contributed by atoms with van der Waals surface area (Å²) in [7, 11) is 1.29. The lowest BCUT2D eigenvalue weighted by atomic mass is 10.1. The van der Waals surface area contributed by atoms with Crippen LogP contribution in [-0.2, 0) is 9.47 Å². The van der Waals surface area contributed by atoms with Crippen molar-refractivity contribution in [2.24, 2.45) is 0 Å². The van der Waals surface area contributed by atoms with Crippen LogP contribution in [0.25, 0.3) is 0 Å². The van der Waals surface area contributed by atoms with Crippen molar-refractivity contribution in [3.8, 4) is 0 Å². The molecule has 0 bridgehead atoms. The molecule has 0 fully saturated rings. The van der Waals surface area contributed by atoms with Gasteiger partial charge in [-0.15, -0.1) is 0 Å². The molecule has 0 aliphatic carbocycles. The van der Waals surface area contributed by atoms with E-state index in [1.54, 1.807) is 32.9 Å². The molecular weight excluding hydrogens is 314 g/mol. The van der Waals surface area contributed by atoms with Gasteiger partial charge in [0.25, 0.3) is 0 Å². The van der Waals surface area contributed by atoms with Crippen LogP contribution in [0.1, 0.15) is 42.8 Å². The molecule has 1 aromatic rings. The Bertz CT molecular complexity index is 549. The fourth-order valence-corrected chi connectivity index (χ4v) is 1.98. The fourth-order valence-electron chi connectivity index (χ4n) is 1.98. The summed E-state index contributed by atoms with van der Waals surface area (Å²) in [5.74, 6) is -0.466. The second kappa shape index (κ2) is 8.65. The van der Waals surface area contributed by atoms with Gasteiger partial charge >= 0.3 is 12.1 Å². The molecule has 1 aromatic carbocycles. The Morgan fingerprint density at radius 2 is 1.79 bits per heavy atom. The van der Waals surface area contributed by atoms with E-state index in [0.29, 0.717) is 11.1 Å². The maximum Gasteiger partial charge on any atom is 0.410 e. The summed E-state index contributed by atoms with van der Waals surface area (Å²) in [5.41, 5.74) is 0.236. The summed E-state index contributed by atoms with van der Waals surface area (Å²) in [6.07, 6.45) is -1.59. The van der Waals surface area contributed by atoms with Crippen molar-refractivity contribution in [2.75, 3.05) is 26.8 Å². The van der Waals surface area contributed by atoms with Gasteiger partial charge < -0.3 is 24.6 Å². The minimum absolute atomic E-state index is 0.0347. The van der Waals surface area contributed by atoms with Gasteiger partial charge in [0.2, 0.25) is 0 Å². The molecule has 0 radical (unpaired) electrons. The van der Waals surface area contributed by atoms with E-state index < -0.39 is 23.8 Å². The van der Waals surface area contributed by atoms with Gasteiger partial charge in [-0.1, -0.05) is 12.1 Å². The molecule has 0 spiro atoms. The number of rotatable bonds is 6. The number of carbonyl (C=O) groups excluding carboxylic acids is 2. The SMILES string of the molecule is COC(=O)c1ccc(C(O)CN(CCO)C(=O)OC(C)(C)C)cc1. The zero-order valence-corrected chi connectivity index (χ0v) is 14.5. The van der Waals surface area contributed by atoms with Crippen LogP contribution >= 0.6 is 0 Å². The molecule has 7 heteroatoms. The van der Waals surface area contributed by atoms with E-state index in [4.69, 9.17) is 9.84 Å². The molecule has 7 nitrogen and oxygen atoms in total. The Balaban J connectivity index is 2.79. The summed E-state index contributed by atoms with van der Waals surface area (Å²) in [6, 6.07) is 6.24. The highest BCUT2D eigenvalue weighted by atomic mass is 16.6.